The second-order valence-corrected chi connectivity index (χ2v) is 14.4. The smallest absolute Gasteiger partial charge is 0.412 e. The van der Waals surface area contributed by atoms with E-state index in [4.69, 9.17) is 14.5 Å². The van der Waals surface area contributed by atoms with Crippen molar-refractivity contribution in [3.63, 3.8) is 0 Å². The van der Waals surface area contributed by atoms with Gasteiger partial charge in [0.25, 0.3) is 17.6 Å². The van der Waals surface area contributed by atoms with Crippen LogP contribution in [0.15, 0.2) is 70.3 Å². The molecule has 10 rings (SSSR count). The first-order valence-corrected chi connectivity index (χ1v) is 18.2. The molecule has 0 saturated carbocycles. The molecule has 0 unspecified atom stereocenters. The van der Waals surface area contributed by atoms with Gasteiger partial charge in [-0.05, 0) is 66.8 Å². The minimum atomic E-state index is -1.84. The fourth-order valence-corrected chi connectivity index (χ4v) is 8.16. The van der Waals surface area contributed by atoms with Crippen molar-refractivity contribution >= 4 is 53.2 Å². The Labute approximate surface area is 323 Å². The third-order valence-electron chi connectivity index (χ3n) is 11.3. The molecule has 6 aromatic rings. The number of carbonyl (C=O) groups is 3. The molecule has 0 amide bonds. The molecular formula is C41H32BN4O11. The van der Waals surface area contributed by atoms with Gasteiger partial charge in [-0.1, -0.05) is 26.0 Å². The van der Waals surface area contributed by atoms with E-state index in [1.165, 1.54) is 7.48 Å². The quantitative estimate of drug-likeness (QED) is 0.131. The van der Waals surface area contributed by atoms with Crippen LogP contribution in [0.3, 0.4) is 0 Å². The van der Waals surface area contributed by atoms with E-state index >= 15 is 0 Å². The maximum Gasteiger partial charge on any atom is 0.412 e. The van der Waals surface area contributed by atoms with E-state index in [0.717, 1.165) is 21.9 Å². The van der Waals surface area contributed by atoms with Crippen LogP contribution in [0.2, 0.25) is 0 Å². The number of benzene rings is 2. The predicted molar refractivity (Wildman–Crippen MR) is 203 cm³/mol. The standard InChI is InChI=1S/C21H16BN2O6.C20H16N2O5/c1-2-21(28)15-7-17-18-12(8-24(17)19(26)14(15)9-29-20(21)27)5-11-6-13(22-30-10-25)3-4-16(11)23-18;1-2-20(26)14-7-16-17-11(5-10-6-12(23)3-4-15(10)21-17)8-22(16)18(24)13(14)9-27-19(20)25/h3-7,10,28H,2,8-9H2,1H3;3-7,23,26H,2,8-9H2,1H3/t21-;20-/m00/s1. The average Bonchev–Trinajstić information content (AvgIpc) is 3.76. The Morgan fingerprint density at radius 1 is 0.737 bits per heavy atom. The number of carbonyl (C=O) groups excluding carboxylic acids is 3. The highest BCUT2D eigenvalue weighted by Gasteiger charge is 2.46. The van der Waals surface area contributed by atoms with Crippen molar-refractivity contribution in [2.24, 2.45) is 0 Å². The number of cyclic esters (lactones) is 2. The van der Waals surface area contributed by atoms with Gasteiger partial charge < -0.3 is 38.6 Å². The Kier molecular flexibility index (Phi) is 8.19. The van der Waals surface area contributed by atoms with E-state index in [2.05, 4.69) is 9.64 Å². The number of hydrogen-bond donors (Lipinski definition) is 3. The number of esters is 2. The van der Waals surface area contributed by atoms with Gasteiger partial charge in [0.15, 0.2) is 11.2 Å². The van der Waals surface area contributed by atoms with Crippen molar-refractivity contribution in [2.45, 2.75) is 64.2 Å². The summed E-state index contributed by atoms with van der Waals surface area (Å²) >= 11 is 0. The third kappa shape index (κ3) is 5.39. The van der Waals surface area contributed by atoms with Crippen molar-refractivity contribution in [3.8, 4) is 28.5 Å². The molecule has 1 radical (unpaired) electrons. The minimum absolute atomic E-state index is 0.0991. The third-order valence-corrected chi connectivity index (χ3v) is 11.3. The summed E-state index contributed by atoms with van der Waals surface area (Å²) in [4.78, 5) is 70.3. The Bertz CT molecular complexity index is 2910. The number of rotatable bonds is 5. The van der Waals surface area contributed by atoms with Crippen LogP contribution in [-0.4, -0.2) is 60.3 Å². The summed E-state index contributed by atoms with van der Waals surface area (Å²) in [7, 11) is 1.34. The van der Waals surface area contributed by atoms with Crippen molar-refractivity contribution in [1.29, 1.82) is 0 Å². The highest BCUT2D eigenvalue weighted by atomic mass is 16.6. The fourth-order valence-electron chi connectivity index (χ4n) is 8.16. The molecule has 57 heavy (non-hydrogen) atoms. The average molecular weight is 768 g/mol. The number of nitrogens with zero attached hydrogens (tertiary/aromatic N) is 4. The van der Waals surface area contributed by atoms with Crippen LogP contribution < -0.4 is 16.6 Å². The molecule has 3 N–H and O–H groups in total. The minimum Gasteiger partial charge on any atom is -0.535 e. The number of ether oxygens (including phenoxy) is 2. The highest BCUT2D eigenvalue weighted by Crippen LogP contribution is 2.40. The summed E-state index contributed by atoms with van der Waals surface area (Å²) < 4.78 is 18.0. The molecule has 285 valence electrons. The Balaban J connectivity index is 0.000000149. The lowest BCUT2D eigenvalue weighted by Gasteiger charge is -2.31. The van der Waals surface area contributed by atoms with E-state index in [0.29, 0.717) is 81.1 Å². The first-order chi connectivity index (χ1) is 27.4. The fraction of sp³-hybridized carbons (Fsp3) is 0.244. The van der Waals surface area contributed by atoms with E-state index in [1.807, 2.05) is 18.2 Å². The number of fused-ring (bicyclic) bond motifs is 10. The first-order valence-electron chi connectivity index (χ1n) is 18.2. The molecule has 0 saturated heterocycles. The van der Waals surface area contributed by atoms with E-state index in [1.54, 1.807) is 65.4 Å². The van der Waals surface area contributed by atoms with Crippen LogP contribution in [0, 0.1) is 0 Å². The molecule has 2 aromatic carbocycles. The molecule has 4 aromatic heterocycles. The first kappa shape index (κ1) is 36.0. The number of aliphatic hydroxyl groups is 2. The molecule has 0 fully saturated rings. The van der Waals surface area contributed by atoms with Crippen LogP contribution >= 0.6 is 0 Å². The summed E-state index contributed by atoms with van der Waals surface area (Å²) in [6.45, 7) is 4.07. The van der Waals surface area contributed by atoms with Gasteiger partial charge >= 0.3 is 19.4 Å². The molecule has 0 spiro atoms. The maximum absolute atomic E-state index is 13.1. The van der Waals surface area contributed by atoms with E-state index in [-0.39, 0.29) is 42.9 Å². The number of pyridine rings is 4. The maximum atomic E-state index is 13.1. The summed E-state index contributed by atoms with van der Waals surface area (Å²) in [6, 6.07) is 17.5. The largest absolute Gasteiger partial charge is 0.535 e. The van der Waals surface area contributed by atoms with Crippen LogP contribution in [0.1, 0.15) is 60.1 Å². The van der Waals surface area contributed by atoms with Gasteiger partial charge in [0.1, 0.15) is 19.0 Å². The second-order valence-electron chi connectivity index (χ2n) is 14.4. The molecular weight excluding hydrogens is 735 g/mol. The van der Waals surface area contributed by atoms with Crippen molar-refractivity contribution in [3.05, 3.63) is 115 Å². The Morgan fingerprint density at radius 2 is 1.23 bits per heavy atom. The zero-order chi connectivity index (χ0) is 40.0. The normalized spacial score (nSPS) is 19.5. The number of phenols is 1. The van der Waals surface area contributed by atoms with E-state index in [9.17, 15) is 39.3 Å². The Hall–Kier alpha value is -6.65. The number of phenolic OH excluding ortho intramolecular Hbond substituents is 1. The molecule has 0 aliphatic carbocycles. The predicted octanol–water partition coefficient (Wildman–Crippen LogP) is 2.28. The van der Waals surface area contributed by atoms with Crippen molar-refractivity contribution in [1.82, 2.24) is 19.1 Å². The molecule has 0 bridgehead atoms. The van der Waals surface area contributed by atoms with Crippen molar-refractivity contribution < 1.29 is 43.8 Å². The summed E-state index contributed by atoms with van der Waals surface area (Å²) in [5.41, 5.74) is 3.18. The molecule has 4 aliphatic heterocycles. The molecule has 15 nitrogen and oxygen atoms in total. The lowest BCUT2D eigenvalue weighted by molar-refractivity contribution is -0.172. The van der Waals surface area contributed by atoms with Crippen LogP contribution in [-0.2, 0) is 66.0 Å². The summed E-state index contributed by atoms with van der Waals surface area (Å²) in [5, 5.41) is 33.0. The summed E-state index contributed by atoms with van der Waals surface area (Å²) in [6.07, 6.45) is 0.209. The van der Waals surface area contributed by atoms with Crippen LogP contribution in [0.25, 0.3) is 44.6 Å². The lowest BCUT2D eigenvalue weighted by Crippen LogP contribution is -2.44. The van der Waals surface area contributed by atoms with Gasteiger partial charge in [0.2, 0.25) is 0 Å². The van der Waals surface area contributed by atoms with Gasteiger partial charge in [-0.25, -0.2) is 19.6 Å². The molecule has 16 heteroatoms. The monoisotopic (exact) mass is 767 g/mol. The molecule has 2 atom stereocenters. The van der Waals surface area contributed by atoms with Gasteiger partial charge in [0.05, 0.1) is 58.0 Å². The SMILES string of the molecule is CC[C@@]1(O)C(=O)OCc2c1cc1n(c2=O)Cc2cc3cc(O)ccc3nc2-1.CC[C@@]1(O)C(=O)OCc2c1cc1n(c2=O)Cc2cc3cc([B]OC=O)ccc3nc2-1. The van der Waals surface area contributed by atoms with Gasteiger partial charge in [-0.3, -0.25) is 14.4 Å². The number of aromatic nitrogens is 4. The zero-order valence-corrected chi connectivity index (χ0v) is 30.6. The second kappa shape index (κ2) is 13.0. The van der Waals surface area contributed by atoms with Gasteiger partial charge in [-0.2, -0.15) is 0 Å². The van der Waals surface area contributed by atoms with Crippen molar-refractivity contribution in [2.75, 3.05) is 0 Å². The molecule has 8 heterocycles. The van der Waals surface area contributed by atoms with Crippen LogP contribution in [0.4, 0.5) is 0 Å². The lowest BCUT2D eigenvalue weighted by atomic mass is 9.86. The van der Waals surface area contributed by atoms with Crippen LogP contribution in [0.5, 0.6) is 5.75 Å². The topological polar surface area (TPSA) is 209 Å². The zero-order valence-electron chi connectivity index (χ0n) is 30.6. The summed E-state index contributed by atoms with van der Waals surface area (Å²) in [5.74, 6) is -1.33. The number of aromatic hydroxyl groups is 1. The van der Waals surface area contributed by atoms with Gasteiger partial charge in [0, 0.05) is 33.0 Å². The van der Waals surface area contributed by atoms with Gasteiger partial charge in [-0.15, -0.1) is 0 Å². The highest BCUT2D eigenvalue weighted by molar-refractivity contribution is 6.48. The van der Waals surface area contributed by atoms with E-state index < -0.39 is 23.1 Å². The Morgan fingerprint density at radius 3 is 1.72 bits per heavy atom. The number of hydrogen-bond acceptors (Lipinski definition) is 13. The molecule has 4 aliphatic rings.